The number of hydrogen-bond donors (Lipinski definition) is 1. The number of halogens is 1. The number of pyridine rings is 1. The summed E-state index contributed by atoms with van der Waals surface area (Å²) in [4.78, 5) is 4.34. The van der Waals surface area contributed by atoms with Crippen LogP contribution in [-0.2, 0) is 17.7 Å². The predicted octanol–water partition coefficient (Wildman–Crippen LogP) is 3.54. The molecule has 0 aliphatic rings. The van der Waals surface area contributed by atoms with Crippen LogP contribution in [0.15, 0.2) is 41.0 Å². The lowest BCUT2D eigenvalue weighted by Crippen LogP contribution is -2.07. The fourth-order valence-electron chi connectivity index (χ4n) is 1.93. The Kier molecular flexibility index (Phi) is 6.17. The Balaban J connectivity index is 2.10. The molecular formula is C16H19BrN2O2. The van der Waals surface area contributed by atoms with Gasteiger partial charge < -0.3 is 14.8 Å². The van der Waals surface area contributed by atoms with Crippen LogP contribution in [0.5, 0.6) is 11.6 Å². The third kappa shape index (κ3) is 4.81. The largest absolute Gasteiger partial charge is 0.439 e. The Bertz CT molecular complexity index is 573. The van der Waals surface area contributed by atoms with Gasteiger partial charge in [-0.05, 0) is 53.2 Å². The maximum atomic E-state index is 5.87. The molecule has 0 unspecified atom stereocenters. The average Bonchev–Trinajstić information content (AvgIpc) is 2.49. The van der Waals surface area contributed by atoms with E-state index in [0.29, 0.717) is 12.4 Å². The number of methoxy groups -OCH3 is 1. The van der Waals surface area contributed by atoms with Crippen LogP contribution in [0, 0.1) is 0 Å². The summed E-state index contributed by atoms with van der Waals surface area (Å²) in [5, 5.41) is 3.11. The number of hydrogen-bond acceptors (Lipinski definition) is 4. The second-order valence-corrected chi connectivity index (χ2v) is 5.55. The molecule has 0 spiro atoms. The summed E-state index contributed by atoms with van der Waals surface area (Å²) in [6.07, 6.45) is 2.64. The third-order valence-electron chi connectivity index (χ3n) is 2.99. The van der Waals surface area contributed by atoms with Gasteiger partial charge >= 0.3 is 0 Å². The molecule has 0 aliphatic heterocycles. The van der Waals surface area contributed by atoms with Gasteiger partial charge in [0.2, 0.25) is 5.88 Å². The van der Waals surface area contributed by atoms with E-state index in [1.54, 1.807) is 13.3 Å². The van der Waals surface area contributed by atoms with E-state index < -0.39 is 0 Å². The fraction of sp³-hybridized carbons (Fsp3) is 0.312. The van der Waals surface area contributed by atoms with Crippen LogP contribution < -0.4 is 10.1 Å². The van der Waals surface area contributed by atoms with Crippen molar-refractivity contribution in [1.29, 1.82) is 0 Å². The van der Waals surface area contributed by atoms with E-state index in [9.17, 15) is 0 Å². The van der Waals surface area contributed by atoms with Crippen molar-refractivity contribution < 1.29 is 9.47 Å². The zero-order valence-electron chi connectivity index (χ0n) is 12.2. The molecule has 1 aromatic carbocycles. The molecule has 0 atom stereocenters. The standard InChI is InChI=1S/C16H19BrN2O2/c1-18-10-13-9-14(17)11-19-16(13)21-15-5-3-12(4-6-15)7-8-20-2/h3-6,9,11,18H,7-8,10H2,1-2H3. The van der Waals surface area contributed by atoms with E-state index in [-0.39, 0.29) is 0 Å². The number of ether oxygens (including phenoxy) is 2. The second kappa shape index (κ2) is 8.12. The van der Waals surface area contributed by atoms with Crippen molar-refractivity contribution in [3.8, 4) is 11.6 Å². The third-order valence-corrected chi connectivity index (χ3v) is 3.43. The highest BCUT2D eigenvalue weighted by Crippen LogP contribution is 2.25. The molecule has 0 radical (unpaired) electrons. The fourth-order valence-corrected chi connectivity index (χ4v) is 2.31. The number of nitrogens with one attached hydrogen (secondary N) is 1. The summed E-state index contributed by atoms with van der Waals surface area (Å²) in [5.41, 5.74) is 2.23. The monoisotopic (exact) mass is 350 g/mol. The van der Waals surface area contributed by atoms with Gasteiger partial charge in [0.05, 0.1) is 6.61 Å². The lowest BCUT2D eigenvalue weighted by atomic mass is 10.1. The molecule has 1 N–H and O–H groups in total. The predicted molar refractivity (Wildman–Crippen MR) is 86.8 cm³/mol. The van der Waals surface area contributed by atoms with Gasteiger partial charge in [-0.25, -0.2) is 4.98 Å². The summed E-state index contributed by atoms with van der Waals surface area (Å²) in [6.45, 7) is 1.43. The van der Waals surface area contributed by atoms with Gasteiger partial charge in [0, 0.05) is 29.9 Å². The van der Waals surface area contributed by atoms with Gasteiger partial charge in [-0.1, -0.05) is 12.1 Å². The highest BCUT2D eigenvalue weighted by atomic mass is 79.9. The van der Waals surface area contributed by atoms with Crippen LogP contribution in [0.2, 0.25) is 0 Å². The lowest BCUT2D eigenvalue weighted by molar-refractivity contribution is 0.202. The molecule has 2 rings (SSSR count). The van der Waals surface area contributed by atoms with Crippen molar-refractivity contribution in [3.05, 3.63) is 52.1 Å². The Morgan fingerprint density at radius 1 is 1.24 bits per heavy atom. The van der Waals surface area contributed by atoms with Crippen molar-refractivity contribution in [2.75, 3.05) is 20.8 Å². The summed E-state index contributed by atoms with van der Waals surface area (Å²) >= 11 is 3.43. The minimum Gasteiger partial charge on any atom is -0.439 e. The van der Waals surface area contributed by atoms with Gasteiger partial charge in [0.15, 0.2) is 0 Å². The molecule has 112 valence electrons. The Hall–Kier alpha value is -1.43. The second-order valence-electron chi connectivity index (χ2n) is 4.64. The van der Waals surface area contributed by atoms with Crippen LogP contribution in [0.3, 0.4) is 0 Å². The minimum absolute atomic E-state index is 0.622. The molecule has 0 saturated carbocycles. The maximum Gasteiger partial charge on any atom is 0.223 e. The molecule has 5 heteroatoms. The quantitative estimate of drug-likeness (QED) is 0.829. The molecule has 4 nitrogen and oxygen atoms in total. The summed E-state index contributed by atoms with van der Waals surface area (Å²) < 4.78 is 11.9. The maximum absolute atomic E-state index is 5.87. The van der Waals surface area contributed by atoms with E-state index in [0.717, 1.165) is 28.8 Å². The van der Waals surface area contributed by atoms with Gasteiger partial charge in [-0.15, -0.1) is 0 Å². The van der Waals surface area contributed by atoms with E-state index in [4.69, 9.17) is 9.47 Å². The van der Waals surface area contributed by atoms with Crippen molar-refractivity contribution in [2.45, 2.75) is 13.0 Å². The average molecular weight is 351 g/mol. The molecule has 0 amide bonds. The summed E-state index contributed by atoms with van der Waals surface area (Å²) in [6, 6.07) is 10.0. The Morgan fingerprint density at radius 3 is 2.67 bits per heavy atom. The highest BCUT2D eigenvalue weighted by molar-refractivity contribution is 9.10. The van der Waals surface area contributed by atoms with E-state index in [2.05, 4.69) is 26.2 Å². The zero-order chi connectivity index (χ0) is 15.1. The van der Waals surface area contributed by atoms with Gasteiger partial charge in [-0.3, -0.25) is 0 Å². The van der Waals surface area contributed by atoms with Crippen molar-refractivity contribution in [1.82, 2.24) is 10.3 Å². The molecule has 1 heterocycles. The van der Waals surface area contributed by atoms with E-state index in [1.807, 2.05) is 37.4 Å². The Labute approximate surface area is 133 Å². The molecule has 1 aromatic heterocycles. The zero-order valence-corrected chi connectivity index (χ0v) is 13.8. The van der Waals surface area contributed by atoms with Crippen LogP contribution >= 0.6 is 15.9 Å². The summed E-state index contributed by atoms with van der Waals surface area (Å²) in [7, 11) is 3.61. The molecule has 2 aromatic rings. The number of aromatic nitrogens is 1. The lowest BCUT2D eigenvalue weighted by Gasteiger charge is -2.10. The molecule has 0 fully saturated rings. The normalized spacial score (nSPS) is 10.6. The number of rotatable bonds is 7. The SMILES string of the molecule is CNCc1cc(Br)cnc1Oc1ccc(CCOC)cc1. The van der Waals surface area contributed by atoms with Gasteiger partial charge in [0.25, 0.3) is 0 Å². The van der Waals surface area contributed by atoms with Crippen LogP contribution in [0.1, 0.15) is 11.1 Å². The van der Waals surface area contributed by atoms with E-state index >= 15 is 0 Å². The first-order valence-electron chi connectivity index (χ1n) is 6.77. The molecule has 0 aliphatic carbocycles. The summed E-state index contributed by atoms with van der Waals surface area (Å²) in [5.74, 6) is 1.40. The first kappa shape index (κ1) is 15.9. The van der Waals surface area contributed by atoms with Crippen LogP contribution in [0.25, 0.3) is 0 Å². The molecule has 21 heavy (non-hydrogen) atoms. The number of benzene rings is 1. The smallest absolute Gasteiger partial charge is 0.223 e. The topological polar surface area (TPSA) is 43.4 Å². The Morgan fingerprint density at radius 2 is 2.00 bits per heavy atom. The van der Waals surface area contributed by atoms with Crippen molar-refractivity contribution in [3.63, 3.8) is 0 Å². The van der Waals surface area contributed by atoms with Gasteiger partial charge in [0.1, 0.15) is 5.75 Å². The first-order chi connectivity index (χ1) is 10.2. The molecular weight excluding hydrogens is 332 g/mol. The van der Waals surface area contributed by atoms with Gasteiger partial charge in [-0.2, -0.15) is 0 Å². The van der Waals surface area contributed by atoms with Crippen molar-refractivity contribution in [2.24, 2.45) is 0 Å². The minimum atomic E-state index is 0.622. The van der Waals surface area contributed by atoms with Crippen molar-refractivity contribution >= 4 is 15.9 Å². The molecule has 0 bridgehead atoms. The van der Waals surface area contributed by atoms with Crippen LogP contribution in [0.4, 0.5) is 0 Å². The number of nitrogens with zero attached hydrogens (tertiary/aromatic N) is 1. The first-order valence-corrected chi connectivity index (χ1v) is 7.57. The van der Waals surface area contributed by atoms with Crippen LogP contribution in [-0.4, -0.2) is 25.7 Å². The highest BCUT2D eigenvalue weighted by Gasteiger charge is 2.07. The van der Waals surface area contributed by atoms with E-state index in [1.165, 1.54) is 5.56 Å². The molecule has 0 saturated heterocycles.